The summed E-state index contributed by atoms with van der Waals surface area (Å²) in [5, 5.41) is 3.73. The Morgan fingerprint density at radius 2 is 1.91 bits per heavy atom. The van der Waals surface area contributed by atoms with Crippen molar-refractivity contribution in [3.63, 3.8) is 0 Å². The first-order valence-electron chi connectivity index (χ1n) is 7.82. The van der Waals surface area contributed by atoms with Crippen LogP contribution in [0.3, 0.4) is 0 Å². The molecule has 1 unspecified atom stereocenters. The van der Waals surface area contributed by atoms with Crippen LogP contribution in [0, 0.1) is 0 Å². The molecule has 118 valence electrons. The Morgan fingerprint density at radius 3 is 2.61 bits per heavy atom. The topological polar surface area (TPSA) is 41.9 Å². The maximum absolute atomic E-state index is 12.8. The number of nitrogens with zero attached hydrogens (tertiary/aromatic N) is 2. The number of rotatable bonds is 4. The van der Waals surface area contributed by atoms with Gasteiger partial charge in [0.25, 0.3) is 5.91 Å². The molecule has 0 spiro atoms. The fourth-order valence-electron chi connectivity index (χ4n) is 3.02. The van der Waals surface area contributed by atoms with Crippen molar-refractivity contribution in [3.8, 4) is 0 Å². The van der Waals surface area contributed by atoms with Crippen molar-refractivity contribution in [2.24, 2.45) is 5.16 Å². The second-order valence-corrected chi connectivity index (χ2v) is 5.61. The zero-order valence-corrected chi connectivity index (χ0v) is 13.2. The van der Waals surface area contributed by atoms with Crippen molar-refractivity contribution in [1.82, 2.24) is 4.90 Å². The van der Waals surface area contributed by atoms with Crippen LogP contribution in [-0.2, 0) is 4.84 Å². The molecule has 0 aromatic heterocycles. The van der Waals surface area contributed by atoms with E-state index >= 15 is 0 Å². The molecule has 0 bridgehead atoms. The average molecular weight is 308 g/mol. The zero-order chi connectivity index (χ0) is 16.1. The van der Waals surface area contributed by atoms with Crippen LogP contribution in [0.4, 0.5) is 0 Å². The molecule has 4 heteroatoms. The lowest BCUT2D eigenvalue weighted by Gasteiger charge is -2.25. The van der Waals surface area contributed by atoms with Gasteiger partial charge in [-0.1, -0.05) is 47.6 Å². The molecule has 1 fully saturated rings. The minimum absolute atomic E-state index is 0.0894. The summed E-state index contributed by atoms with van der Waals surface area (Å²) in [4.78, 5) is 19.5. The molecule has 0 saturated carbocycles. The normalized spacial score (nSPS) is 17.6. The van der Waals surface area contributed by atoms with E-state index in [1.165, 1.54) is 12.7 Å². The van der Waals surface area contributed by atoms with Crippen molar-refractivity contribution >= 4 is 12.1 Å². The van der Waals surface area contributed by atoms with E-state index in [1.807, 2.05) is 47.4 Å². The van der Waals surface area contributed by atoms with Gasteiger partial charge in [0.05, 0.1) is 12.3 Å². The van der Waals surface area contributed by atoms with Gasteiger partial charge in [0, 0.05) is 12.1 Å². The van der Waals surface area contributed by atoms with E-state index in [2.05, 4.69) is 22.1 Å². The number of amides is 1. The third kappa shape index (κ3) is 3.42. The summed E-state index contributed by atoms with van der Waals surface area (Å²) in [5.74, 6) is 0.0894. The van der Waals surface area contributed by atoms with E-state index in [0.29, 0.717) is 5.56 Å². The largest absolute Gasteiger partial charge is 0.399 e. The van der Waals surface area contributed by atoms with Gasteiger partial charge >= 0.3 is 0 Å². The lowest BCUT2D eigenvalue weighted by Crippen LogP contribution is -2.30. The highest BCUT2D eigenvalue weighted by atomic mass is 16.6. The van der Waals surface area contributed by atoms with Gasteiger partial charge in [-0.25, -0.2) is 0 Å². The third-order valence-corrected chi connectivity index (χ3v) is 4.16. The molecule has 0 radical (unpaired) electrons. The first-order chi connectivity index (χ1) is 11.3. The van der Waals surface area contributed by atoms with Gasteiger partial charge in [0.2, 0.25) is 0 Å². The molecule has 23 heavy (non-hydrogen) atoms. The van der Waals surface area contributed by atoms with E-state index < -0.39 is 0 Å². The fourth-order valence-corrected chi connectivity index (χ4v) is 3.02. The van der Waals surface area contributed by atoms with Crippen molar-refractivity contribution in [2.75, 3.05) is 13.7 Å². The van der Waals surface area contributed by atoms with E-state index in [-0.39, 0.29) is 11.9 Å². The van der Waals surface area contributed by atoms with Crippen LogP contribution < -0.4 is 0 Å². The van der Waals surface area contributed by atoms with Crippen molar-refractivity contribution in [1.29, 1.82) is 0 Å². The third-order valence-electron chi connectivity index (χ3n) is 4.16. The van der Waals surface area contributed by atoms with Gasteiger partial charge in [0.1, 0.15) is 7.11 Å². The molecule has 1 amide bonds. The van der Waals surface area contributed by atoms with Crippen LogP contribution in [0.1, 0.15) is 40.4 Å². The smallest absolute Gasteiger partial charge is 0.254 e. The van der Waals surface area contributed by atoms with Gasteiger partial charge in [-0.2, -0.15) is 0 Å². The predicted octanol–water partition coefficient (Wildman–Crippen LogP) is 3.64. The summed E-state index contributed by atoms with van der Waals surface area (Å²) in [6.45, 7) is 0.811. The number of likely N-dealkylation sites (tertiary alicyclic amines) is 1. The molecule has 3 rings (SSSR count). The van der Waals surface area contributed by atoms with Gasteiger partial charge < -0.3 is 9.74 Å². The maximum atomic E-state index is 12.8. The molecule has 1 aliphatic heterocycles. The first-order valence-corrected chi connectivity index (χ1v) is 7.82. The molecular weight excluding hydrogens is 288 g/mol. The summed E-state index contributed by atoms with van der Waals surface area (Å²) in [5.41, 5.74) is 2.83. The van der Waals surface area contributed by atoms with Gasteiger partial charge in [-0.05, 0) is 36.1 Å². The predicted molar refractivity (Wildman–Crippen MR) is 90.5 cm³/mol. The highest BCUT2D eigenvalue weighted by Gasteiger charge is 2.30. The van der Waals surface area contributed by atoms with Crippen LogP contribution in [0.15, 0.2) is 59.8 Å². The average Bonchev–Trinajstić information content (AvgIpc) is 3.10. The van der Waals surface area contributed by atoms with Gasteiger partial charge in [-0.3, -0.25) is 4.79 Å². The van der Waals surface area contributed by atoms with Crippen molar-refractivity contribution < 1.29 is 9.63 Å². The first kappa shape index (κ1) is 15.3. The number of hydrogen-bond donors (Lipinski definition) is 0. The van der Waals surface area contributed by atoms with Gasteiger partial charge in [-0.15, -0.1) is 0 Å². The molecule has 1 heterocycles. The Hall–Kier alpha value is -2.62. The number of carbonyl (C=O) groups excluding carboxylic acids is 1. The standard InChI is InChI=1S/C19H20N2O2/c1-23-20-14-15-9-11-17(12-10-15)19(22)21-13-5-8-18(21)16-6-3-2-4-7-16/h2-4,6-7,9-12,14,18H,5,8,13H2,1H3/b20-14+. The Bertz CT molecular complexity index is 680. The second kappa shape index (κ2) is 7.09. The summed E-state index contributed by atoms with van der Waals surface area (Å²) in [7, 11) is 1.51. The van der Waals surface area contributed by atoms with Crippen molar-refractivity contribution in [3.05, 3.63) is 71.3 Å². The molecule has 1 atom stereocenters. The molecule has 2 aromatic rings. The summed E-state index contributed by atoms with van der Waals surface area (Å²) >= 11 is 0. The molecule has 1 saturated heterocycles. The van der Waals surface area contributed by atoms with Crippen LogP contribution in [0.25, 0.3) is 0 Å². The van der Waals surface area contributed by atoms with Crippen LogP contribution in [0.5, 0.6) is 0 Å². The molecule has 4 nitrogen and oxygen atoms in total. The highest BCUT2D eigenvalue weighted by molar-refractivity contribution is 5.95. The highest BCUT2D eigenvalue weighted by Crippen LogP contribution is 2.32. The summed E-state index contributed by atoms with van der Waals surface area (Å²) in [6.07, 6.45) is 3.69. The molecule has 0 aliphatic carbocycles. The minimum Gasteiger partial charge on any atom is -0.399 e. The Labute approximate surface area is 136 Å². The number of benzene rings is 2. The Balaban J connectivity index is 1.78. The number of hydrogen-bond acceptors (Lipinski definition) is 3. The molecule has 2 aromatic carbocycles. The lowest BCUT2D eigenvalue weighted by atomic mass is 10.0. The maximum Gasteiger partial charge on any atom is 0.254 e. The number of carbonyl (C=O) groups is 1. The van der Waals surface area contributed by atoms with Crippen LogP contribution in [0.2, 0.25) is 0 Å². The Morgan fingerprint density at radius 1 is 1.17 bits per heavy atom. The van der Waals surface area contributed by atoms with Crippen molar-refractivity contribution in [2.45, 2.75) is 18.9 Å². The van der Waals surface area contributed by atoms with Crippen LogP contribution in [-0.4, -0.2) is 30.7 Å². The summed E-state index contributed by atoms with van der Waals surface area (Å²) < 4.78 is 0. The SMILES string of the molecule is CO/N=C/c1ccc(C(=O)N2CCCC2c2ccccc2)cc1. The lowest BCUT2D eigenvalue weighted by molar-refractivity contribution is 0.0735. The number of oxime groups is 1. The second-order valence-electron chi connectivity index (χ2n) is 5.61. The quantitative estimate of drug-likeness (QED) is 0.639. The van der Waals surface area contributed by atoms with E-state index in [0.717, 1.165) is 24.9 Å². The minimum atomic E-state index is 0.0894. The Kier molecular flexibility index (Phi) is 4.71. The molecule has 1 aliphatic rings. The molecular formula is C19H20N2O2. The zero-order valence-electron chi connectivity index (χ0n) is 13.2. The van der Waals surface area contributed by atoms with E-state index in [1.54, 1.807) is 6.21 Å². The van der Waals surface area contributed by atoms with Crippen LogP contribution >= 0.6 is 0 Å². The monoisotopic (exact) mass is 308 g/mol. The molecule has 0 N–H and O–H groups in total. The van der Waals surface area contributed by atoms with Gasteiger partial charge in [0.15, 0.2) is 0 Å². The summed E-state index contributed by atoms with van der Waals surface area (Å²) in [6, 6.07) is 17.9. The van der Waals surface area contributed by atoms with E-state index in [4.69, 9.17) is 0 Å². The van der Waals surface area contributed by atoms with E-state index in [9.17, 15) is 4.79 Å². The fraction of sp³-hybridized carbons (Fsp3) is 0.263.